The monoisotopic (exact) mass is 253 g/mol. The maximum absolute atomic E-state index is 13.0. The van der Waals surface area contributed by atoms with E-state index < -0.39 is 11.6 Å². The van der Waals surface area contributed by atoms with Crippen LogP contribution in [0.4, 0.5) is 8.78 Å². The average molecular weight is 253 g/mol. The number of hydrogen-bond acceptors (Lipinski definition) is 3. The second-order valence-corrected chi connectivity index (χ2v) is 3.76. The minimum absolute atomic E-state index is 0.249. The molecule has 1 aromatic carbocycles. The number of halogens is 2. The number of furan rings is 1. The summed E-state index contributed by atoms with van der Waals surface area (Å²) in [5.41, 5.74) is 0.870. The van der Waals surface area contributed by atoms with Crippen molar-refractivity contribution in [1.82, 2.24) is 5.32 Å². The summed E-state index contributed by atoms with van der Waals surface area (Å²) in [6.45, 7) is 0.835. The smallest absolute Gasteiger partial charge is 0.162 e. The van der Waals surface area contributed by atoms with E-state index in [2.05, 4.69) is 5.32 Å². The molecule has 0 atom stereocenters. The number of ether oxygens (including phenoxy) is 1. The first-order chi connectivity index (χ1) is 8.70. The van der Waals surface area contributed by atoms with Crippen LogP contribution in [0, 0.1) is 11.6 Å². The summed E-state index contributed by atoms with van der Waals surface area (Å²) in [5, 5.41) is 2.97. The average Bonchev–Trinajstić information content (AvgIpc) is 2.79. The van der Waals surface area contributed by atoms with E-state index in [-0.39, 0.29) is 12.4 Å². The Morgan fingerprint density at radius 2 is 2.06 bits per heavy atom. The predicted molar refractivity (Wildman–Crippen MR) is 62.2 cm³/mol. The van der Waals surface area contributed by atoms with Crippen LogP contribution in [0.2, 0.25) is 0 Å². The lowest BCUT2D eigenvalue weighted by Crippen LogP contribution is -2.07. The first-order valence-electron chi connectivity index (χ1n) is 5.48. The highest BCUT2D eigenvalue weighted by Gasteiger charge is 2.07. The highest BCUT2D eigenvalue weighted by atomic mass is 19.2. The molecule has 3 nitrogen and oxygen atoms in total. The molecule has 0 fully saturated rings. The van der Waals surface area contributed by atoms with Gasteiger partial charge in [0.05, 0.1) is 12.8 Å². The fraction of sp³-hybridized carbons (Fsp3) is 0.231. The van der Waals surface area contributed by atoms with Crippen molar-refractivity contribution >= 4 is 0 Å². The zero-order chi connectivity index (χ0) is 13.0. The van der Waals surface area contributed by atoms with E-state index in [9.17, 15) is 8.78 Å². The van der Waals surface area contributed by atoms with Crippen molar-refractivity contribution in [3.05, 3.63) is 53.5 Å². The molecule has 2 aromatic rings. The second-order valence-electron chi connectivity index (χ2n) is 3.76. The molecule has 0 aliphatic rings. The van der Waals surface area contributed by atoms with Gasteiger partial charge < -0.3 is 14.5 Å². The quantitative estimate of drug-likeness (QED) is 0.889. The van der Waals surface area contributed by atoms with E-state index in [1.807, 2.05) is 7.05 Å². The molecule has 0 unspecified atom stereocenters. The van der Waals surface area contributed by atoms with Gasteiger partial charge in [0.1, 0.15) is 18.1 Å². The topological polar surface area (TPSA) is 34.4 Å². The minimum Gasteiger partial charge on any atom is -0.489 e. The van der Waals surface area contributed by atoms with Gasteiger partial charge in [-0.15, -0.1) is 0 Å². The molecule has 0 saturated heterocycles. The number of benzene rings is 1. The number of hydrogen-bond donors (Lipinski definition) is 1. The summed E-state index contributed by atoms with van der Waals surface area (Å²) in [5.74, 6) is -0.762. The van der Waals surface area contributed by atoms with Gasteiger partial charge in [-0.3, -0.25) is 0 Å². The molecule has 0 bridgehead atoms. The third kappa shape index (κ3) is 2.87. The van der Waals surface area contributed by atoms with Crippen molar-refractivity contribution in [2.75, 3.05) is 7.05 Å². The normalized spacial score (nSPS) is 10.6. The lowest BCUT2D eigenvalue weighted by atomic mass is 10.2. The van der Waals surface area contributed by atoms with Crippen molar-refractivity contribution in [3.8, 4) is 5.75 Å². The maximum atomic E-state index is 13.0. The van der Waals surface area contributed by atoms with Gasteiger partial charge in [0.15, 0.2) is 11.6 Å². The van der Waals surface area contributed by atoms with Crippen LogP contribution in [0.1, 0.15) is 11.3 Å². The Labute approximate surface area is 103 Å². The molecule has 0 saturated carbocycles. The summed E-state index contributed by atoms with van der Waals surface area (Å²) in [7, 11) is 1.81. The van der Waals surface area contributed by atoms with Crippen molar-refractivity contribution in [2.45, 2.75) is 13.2 Å². The molecule has 0 aliphatic heterocycles. The Morgan fingerprint density at radius 1 is 1.22 bits per heavy atom. The summed E-state index contributed by atoms with van der Waals surface area (Å²) >= 11 is 0. The summed E-state index contributed by atoms with van der Waals surface area (Å²) in [4.78, 5) is 0. The molecular formula is C13H13F2NO2. The van der Waals surface area contributed by atoms with E-state index >= 15 is 0 Å². The Balaban J connectivity index is 2.02. The minimum atomic E-state index is -0.921. The van der Waals surface area contributed by atoms with Gasteiger partial charge in [-0.2, -0.15) is 0 Å². The second kappa shape index (κ2) is 5.64. The molecule has 0 spiro atoms. The zero-order valence-corrected chi connectivity index (χ0v) is 9.87. The first kappa shape index (κ1) is 12.6. The van der Waals surface area contributed by atoms with Gasteiger partial charge in [0.25, 0.3) is 0 Å². The van der Waals surface area contributed by atoms with Crippen LogP contribution in [0.3, 0.4) is 0 Å². The fourth-order valence-electron chi connectivity index (χ4n) is 1.54. The molecule has 18 heavy (non-hydrogen) atoms. The Bertz CT molecular complexity index is 525. The van der Waals surface area contributed by atoms with E-state index in [4.69, 9.17) is 9.15 Å². The van der Waals surface area contributed by atoms with Crippen molar-refractivity contribution < 1.29 is 17.9 Å². The van der Waals surface area contributed by atoms with Gasteiger partial charge in [-0.1, -0.05) is 0 Å². The van der Waals surface area contributed by atoms with Crippen molar-refractivity contribution in [2.24, 2.45) is 0 Å². The summed E-state index contributed by atoms with van der Waals surface area (Å²) in [6.07, 6.45) is 1.57. The van der Waals surface area contributed by atoms with Crippen LogP contribution in [0.5, 0.6) is 5.75 Å². The molecule has 1 aromatic heterocycles. The first-order valence-corrected chi connectivity index (χ1v) is 5.48. The molecule has 0 aliphatic carbocycles. The van der Waals surface area contributed by atoms with Crippen LogP contribution in [0.15, 0.2) is 34.9 Å². The zero-order valence-electron chi connectivity index (χ0n) is 9.87. The van der Waals surface area contributed by atoms with Gasteiger partial charge in [-0.05, 0) is 25.2 Å². The molecule has 1 N–H and O–H groups in total. The molecule has 2 rings (SSSR count). The molecule has 0 amide bonds. The van der Waals surface area contributed by atoms with Crippen LogP contribution in [-0.4, -0.2) is 7.05 Å². The molecule has 96 valence electrons. The summed E-state index contributed by atoms with van der Waals surface area (Å²) in [6, 6.07) is 5.23. The predicted octanol–water partition coefficient (Wildman–Crippen LogP) is 2.86. The van der Waals surface area contributed by atoms with Gasteiger partial charge in [0, 0.05) is 11.6 Å². The van der Waals surface area contributed by atoms with Gasteiger partial charge in [0.2, 0.25) is 0 Å². The fourth-order valence-corrected chi connectivity index (χ4v) is 1.54. The lowest BCUT2D eigenvalue weighted by molar-refractivity contribution is 0.299. The highest BCUT2D eigenvalue weighted by Crippen LogP contribution is 2.18. The van der Waals surface area contributed by atoms with E-state index in [1.165, 1.54) is 6.07 Å². The van der Waals surface area contributed by atoms with Crippen LogP contribution in [-0.2, 0) is 13.2 Å². The van der Waals surface area contributed by atoms with E-state index in [0.717, 1.165) is 23.5 Å². The Kier molecular flexibility index (Phi) is 3.94. The third-order valence-corrected chi connectivity index (χ3v) is 2.46. The van der Waals surface area contributed by atoms with E-state index in [0.29, 0.717) is 6.54 Å². The van der Waals surface area contributed by atoms with Crippen LogP contribution >= 0.6 is 0 Å². The van der Waals surface area contributed by atoms with Crippen molar-refractivity contribution in [1.29, 1.82) is 0 Å². The van der Waals surface area contributed by atoms with Crippen LogP contribution in [0.25, 0.3) is 0 Å². The summed E-state index contributed by atoms with van der Waals surface area (Å²) < 4.78 is 36.3. The lowest BCUT2D eigenvalue weighted by Gasteiger charge is -2.06. The molecular weight excluding hydrogens is 240 g/mol. The molecule has 1 heterocycles. The number of rotatable bonds is 5. The highest BCUT2D eigenvalue weighted by molar-refractivity contribution is 5.25. The Hall–Kier alpha value is -1.88. The van der Waals surface area contributed by atoms with Gasteiger partial charge >= 0.3 is 0 Å². The standard InChI is InChI=1S/C13H13F2NO2/c1-16-7-13-9(4-5-17-13)8-18-10-2-3-11(14)12(15)6-10/h2-6,16H,7-8H2,1H3. The SMILES string of the molecule is CNCc1occc1COc1ccc(F)c(F)c1. The molecule has 5 heteroatoms. The van der Waals surface area contributed by atoms with Crippen molar-refractivity contribution in [3.63, 3.8) is 0 Å². The molecule has 0 radical (unpaired) electrons. The Morgan fingerprint density at radius 3 is 2.78 bits per heavy atom. The van der Waals surface area contributed by atoms with Gasteiger partial charge in [-0.25, -0.2) is 8.78 Å². The third-order valence-electron chi connectivity index (χ3n) is 2.46. The largest absolute Gasteiger partial charge is 0.489 e. The number of nitrogens with one attached hydrogen (secondary N) is 1. The maximum Gasteiger partial charge on any atom is 0.162 e. The van der Waals surface area contributed by atoms with Crippen LogP contribution < -0.4 is 10.1 Å². The van der Waals surface area contributed by atoms with E-state index in [1.54, 1.807) is 12.3 Å².